The maximum atomic E-state index is 13.3. The highest BCUT2D eigenvalue weighted by Gasteiger charge is 2.27. The van der Waals surface area contributed by atoms with E-state index in [4.69, 9.17) is 5.11 Å². The van der Waals surface area contributed by atoms with Gasteiger partial charge in [0.2, 0.25) is 0 Å². The predicted octanol–water partition coefficient (Wildman–Crippen LogP) is 2.98. The van der Waals surface area contributed by atoms with E-state index >= 15 is 0 Å². The Bertz CT molecular complexity index is 422. The first-order valence-corrected chi connectivity index (χ1v) is 5.99. The normalized spacial score (nSPS) is 16.3. The number of carboxylic acids is 1. The number of rotatable bonds is 4. The Morgan fingerprint density at radius 3 is 2.47 bits per heavy atom. The molecule has 1 aromatic carbocycles. The van der Waals surface area contributed by atoms with Crippen molar-refractivity contribution in [2.75, 3.05) is 0 Å². The molecule has 0 aliphatic carbocycles. The lowest BCUT2D eigenvalue weighted by Gasteiger charge is -2.22. The highest BCUT2D eigenvalue weighted by molar-refractivity contribution is 9.10. The summed E-state index contributed by atoms with van der Waals surface area (Å²) in [6.45, 7) is 3.15. The summed E-state index contributed by atoms with van der Waals surface area (Å²) in [5.74, 6) is -2.64. The quantitative estimate of drug-likeness (QED) is 0.899. The molecule has 0 radical (unpaired) electrons. The number of hydrogen-bond acceptors (Lipinski definition) is 2. The summed E-state index contributed by atoms with van der Waals surface area (Å²) in [5.41, 5.74) is 0.381. The highest BCUT2D eigenvalue weighted by Crippen LogP contribution is 2.29. The molecule has 0 heterocycles. The van der Waals surface area contributed by atoms with Crippen LogP contribution >= 0.6 is 15.9 Å². The lowest BCUT2D eigenvalue weighted by molar-refractivity contribution is -0.144. The number of aliphatic hydroxyl groups is 1. The lowest BCUT2D eigenvalue weighted by Crippen LogP contribution is -2.23. The van der Waals surface area contributed by atoms with E-state index in [2.05, 4.69) is 15.9 Å². The van der Waals surface area contributed by atoms with Gasteiger partial charge in [-0.1, -0.05) is 19.9 Å². The molecule has 3 nitrogen and oxygen atoms in total. The van der Waals surface area contributed by atoms with Crippen molar-refractivity contribution in [2.24, 2.45) is 11.8 Å². The minimum absolute atomic E-state index is 0.312. The van der Waals surface area contributed by atoms with Gasteiger partial charge in [0.1, 0.15) is 5.82 Å². The Hall–Kier alpha value is -0.940. The van der Waals surface area contributed by atoms with Gasteiger partial charge >= 0.3 is 5.97 Å². The molecule has 0 spiro atoms. The second-order valence-corrected chi connectivity index (χ2v) is 4.96. The molecular weight excluding hydrogens is 291 g/mol. The number of aliphatic carboxylic acids is 1. The molecule has 3 unspecified atom stereocenters. The monoisotopic (exact) mass is 304 g/mol. The van der Waals surface area contributed by atoms with Crippen molar-refractivity contribution in [1.82, 2.24) is 0 Å². The van der Waals surface area contributed by atoms with Crippen molar-refractivity contribution in [2.45, 2.75) is 20.0 Å². The maximum Gasteiger partial charge on any atom is 0.306 e. The number of halogens is 2. The van der Waals surface area contributed by atoms with Crippen molar-refractivity contribution in [1.29, 1.82) is 0 Å². The fourth-order valence-electron chi connectivity index (χ4n) is 1.50. The van der Waals surface area contributed by atoms with Crippen molar-refractivity contribution < 1.29 is 19.4 Å². The van der Waals surface area contributed by atoms with Crippen molar-refractivity contribution >= 4 is 21.9 Å². The number of carbonyl (C=O) groups is 1. The van der Waals surface area contributed by atoms with Crippen LogP contribution < -0.4 is 0 Å². The summed E-state index contributed by atoms with van der Waals surface area (Å²) < 4.78 is 13.6. The zero-order valence-electron chi connectivity index (χ0n) is 9.52. The van der Waals surface area contributed by atoms with Gasteiger partial charge in [-0.15, -0.1) is 0 Å². The van der Waals surface area contributed by atoms with E-state index in [-0.39, 0.29) is 0 Å². The van der Waals surface area contributed by atoms with Gasteiger partial charge < -0.3 is 10.2 Å². The summed E-state index contributed by atoms with van der Waals surface area (Å²) in [4.78, 5) is 10.8. The van der Waals surface area contributed by atoms with Crippen LogP contribution in [0, 0.1) is 17.7 Å². The molecule has 0 aliphatic rings. The highest BCUT2D eigenvalue weighted by atomic mass is 79.9. The number of benzene rings is 1. The van der Waals surface area contributed by atoms with Crippen LogP contribution in [0.3, 0.4) is 0 Å². The van der Waals surface area contributed by atoms with E-state index in [1.807, 2.05) is 0 Å². The molecule has 0 saturated heterocycles. The summed E-state index contributed by atoms with van der Waals surface area (Å²) in [6.07, 6.45) is -0.997. The Balaban J connectivity index is 2.92. The third-order valence-corrected chi connectivity index (χ3v) is 3.60. The van der Waals surface area contributed by atoms with Crippen LogP contribution in [0.5, 0.6) is 0 Å². The van der Waals surface area contributed by atoms with Crippen molar-refractivity contribution in [3.05, 3.63) is 34.1 Å². The van der Waals surface area contributed by atoms with Crippen LogP contribution in [0.2, 0.25) is 0 Å². The van der Waals surface area contributed by atoms with Crippen molar-refractivity contribution in [3.63, 3.8) is 0 Å². The Labute approximate surface area is 107 Å². The summed E-state index contributed by atoms with van der Waals surface area (Å²) in [7, 11) is 0. The van der Waals surface area contributed by atoms with Crippen LogP contribution in [0.15, 0.2) is 22.7 Å². The Morgan fingerprint density at radius 2 is 2.00 bits per heavy atom. The van der Waals surface area contributed by atoms with Crippen LogP contribution in [-0.4, -0.2) is 16.2 Å². The average Bonchev–Trinajstić information content (AvgIpc) is 2.29. The second-order valence-electron chi connectivity index (χ2n) is 4.10. The molecule has 5 heteroatoms. The smallest absolute Gasteiger partial charge is 0.306 e. The fraction of sp³-hybridized carbons (Fsp3) is 0.417. The summed E-state index contributed by atoms with van der Waals surface area (Å²) >= 11 is 3.02. The largest absolute Gasteiger partial charge is 0.481 e. The van der Waals surface area contributed by atoms with Crippen LogP contribution in [0.4, 0.5) is 4.39 Å². The molecule has 0 saturated carbocycles. The van der Waals surface area contributed by atoms with E-state index in [1.54, 1.807) is 13.0 Å². The number of aliphatic hydroxyl groups excluding tert-OH is 1. The minimum atomic E-state index is -0.997. The second kappa shape index (κ2) is 5.60. The molecule has 0 aliphatic heterocycles. The minimum Gasteiger partial charge on any atom is -0.481 e. The molecule has 17 heavy (non-hydrogen) atoms. The first kappa shape index (κ1) is 14.1. The van der Waals surface area contributed by atoms with Crippen LogP contribution in [-0.2, 0) is 4.79 Å². The van der Waals surface area contributed by atoms with E-state index in [0.717, 1.165) is 0 Å². The topological polar surface area (TPSA) is 57.5 Å². The first-order chi connectivity index (χ1) is 7.84. The molecule has 0 amide bonds. The molecule has 3 atom stereocenters. The van der Waals surface area contributed by atoms with Gasteiger partial charge in [0, 0.05) is 0 Å². The molecule has 0 bridgehead atoms. The Kier molecular flexibility index (Phi) is 4.65. The fourth-order valence-corrected chi connectivity index (χ4v) is 1.74. The zero-order chi connectivity index (χ0) is 13.2. The van der Waals surface area contributed by atoms with Gasteiger partial charge in [-0.3, -0.25) is 4.79 Å². The van der Waals surface area contributed by atoms with E-state index in [1.165, 1.54) is 19.1 Å². The van der Waals surface area contributed by atoms with E-state index in [0.29, 0.717) is 10.0 Å². The summed E-state index contributed by atoms with van der Waals surface area (Å²) in [5, 5.41) is 18.8. The number of carboxylic acid groups (broad SMARTS) is 1. The molecule has 0 aromatic heterocycles. The van der Waals surface area contributed by atoms with E-state index in [9.17, 15) is 14.3 Å². The standard InChI is InChI=1S/C12H14BrFO3/c1-6(7(2)12(16)17)11(15)8-3-4-9(13)10(14)5-8/h3-7,11,15H,1-2H3,(H,16,17). The molecule has 1 rings (SSSR count). The van der Waals surface area contributed by atoms with Gasteiger partial charge in [0.25, 0.3) is 0 Å². The molecular formula is C12H14BrFO3. The third-order valence-electron chi connectivity index (χ3n) is 2.96. The first-order valence-electron chi connectivity index (χ1n) is 5.20. The lowest BCUT2D eigenvalue weighted by atomic mass is 9.87. The average molecular weight is 305 g/mol. The van der Waals surface area contributed by atoms with Gasteiger partial charge in [-0.25, -0.2) is 4.39 Å². The van der Waals surface area contributed by atoms with Gasteiger partial charge in [-0.2, -0.15) is 0 Å². The van der Waals surface area contributed by atoms with E-state index < -0.39 is 29.7 Å². The third kappa shape index (κ3) is 3.26. The summed E-state index contributed by atoms with van der Waals surface area (Å²) in [6, 6.07) is 4.27. The zero-order valence-corrected chi connectivity index (χ0v) is 11.1. The SMILES string of the molecule is CC(C(=O)O)C(C)C(O)c1ccc(Br)c(F)c1. The maximum absolute atomic E-state index is 13.3. The van der Waals surface area contributed by atoms with Crippen molar-refractivity contribution in [3.8, 4) is 0 Å². The Morgan fingerprint density at radius 1 is 1.41 bits per heavy atom. The van der Waals surface area contributed by atoms with Gasteiger partial charge in [0.15, 0.2) is 0 Å². The van der Waals surface area contributed by atoms with Crippen LogP contribution in [0.1, 0.15) is 25.5 Å². The van der Waals surface area contributed by atoms with Crippen LogP contribution in [0.25, 0.3) is 0 Å². The number of hydrogen-bond donors (Lipinski definition) is 2. The molecule has 0 fully saturated rings. The molecule has 2 N–H and O–H groups in total. The molecule has 1 aromatic rings. The van der Waals surface area contributed by atoms with Gasteiger partial charge in [-0.05, 0) is 39.5 Å². The molecule has 94 valence electrons. The predicted molar refractivity (Wildman–Crippen MR) is 65.0 cm³/mol. The van der Waals surface area contributed by atoms with Gasteiger partial charge in [0.05, 0.1) is 16.5 Å².